The summed E-state index contributed by atoms with van der Waals surface area (Å²) in [5.74, 6) is -0.396. The van der Waals surface area contributed by atoms with Gasteiger partial charge in [0.2, 0.25) is 5.91 Å². The van der Waals surface area contributed by atoms with Gasteiger partial charge in [0.15, 0.2) is 0 Å². The van der Waals surface area contributed by atoms with E-state index in [0.29, 0.717) is 12.1 Å². The molecule has 0 aliphatic heterocycles. The second-order valence-corrected chi connectivity index (χ2v) is 5.52. The molecule has 2 rings (SSSR count). The van der Waals surface area contributed by atoms with Crippen molar-refractivity contribution in [1.82, 2.24) is 5.32 Å². The zero-order valence-electron chi connectivity index (χ0n) is 13.2. The largest absolute Gasteiger partial charge is 0.324 e. The van der Waals surface area contributed by atoms with Crippen LogP contribution >= 0.6 is 0 Å². The molecule has 0 radical (unpaired) electrons. The van der Waals surface area contributed by atoms with Crippen molar-refractivity contribution >= 4 is 11.6 Å². The number of anilines is 1. The van der Waals surface area contributed by atoms with Crippen LogP contribution in [0.15, 0.2) is 36.4 Å². The van der Waals surface area contributed by atoms with E-state index in [1.807, 2.05) is 32.9 Å². The van der Waals surface area contributed by atoms with E-state index in [9.17, 15) is 9.18 Å². The average Bonchev–Trinajstić information content (AvgIpc) is 2.45. The first-order valence-corrected chi connectivity index (χ1v) is 7.29. The van der Waals surface area contributed by atoms with Crippen molar-refractivity contribution in [2.75, 3.05) is 11.9 Å². The average molecular weight is 300 g/mol. The lowest BCUT2D eigenvalue weighted by molar-refractivity contribution is -0.115. The van der Waals surface area contributed by atoms with E-state index < -0.39 is 0 Å². The van der Waals surface area contributed by atoms with E-state index in [4.69, 9.17) is 0 Å². The SMILES string of the molecule is Cc1cc(C)c(NC(=O)CNCc2ccccc2F)c(C)c1. The number of hydrogen-bond acceptors (Lipinski definition) is 2. The molecule has 0 spiro atoms. The summed E-state index contributed by atoms with van der Waals surface area (Å²) in [6, 6.07) is 10.6. The molecule has 3 nitrogen and oxygen atoms in total. The van der Waals surface area contributed by atoms with Crippen molar-refractivity contribution < 1.29 is 9.18 Å². The van der Waals surface area contributed by atoms with Crippen LogP contribution in [0.4, 0.5) is 10.1 Å². The molecule has 2 aromatic rings. The molecule has 0 bridgehead atoms. The Morgan fingerprint density at radius 3 is 2.36 bits per heavy atom. The van der Waals surface area contributed by atoms with E-state index in [0.717, 1.165) is 16.8 Å². The first kappa shape index (κ1) is 16.2. The Bertz CT molecular complexity index is 660. The fraction of sp³-hybridized carbons (Fsp3) is 0.278. The van der Waals surface area contributed by atoms with Gasteiger partial charge in [-0.1, -0.05) is 35.9 Å². The number of aryl methyl sites for hydroxylation is 3. The molecule has 0 aliphatic rings. The van der Waals surface area contributed by atoms with Gasteiger partial charge in [0, 0.05) is 17.8 Å². The van der Waals surface area contributed by atoms with Crippen LogP contribution in [0, 0.1) is 26.6 Å². The van der Waals surface area contributed by atoms with Crippen molar-refractivity contribution in [1.29, 1.82) is 0 Å². The normalized spacial score (nSPS) is 10.5. The third-order valence-corrected chi connectivity index (χ3v) is 3.50. The highest BCUT2D eigenvalue weighted by atomic mass is 19.1. The number of carbonyl (C=O) groups excluding carboxylic acids is 1. The molecule has 1 amide bonds. The molecule has 0 unspecified atom stereocenters. The standard InChI is InChI=1S/C18H21FN2O/c1-12-8-13(2)18(14(3)9-12)21-17(22)11-20-10-15-6-4-5-7-16(15)19/h4-9,20H,10-11H2,1-3H3,(H,21,22). The zero-order chi connectivity index (χ0) is 16.1. The quantitative estimate of drug-likeness (QED) is 0.887. The molecule has 0 aromatic heterocycles. The lowest BCUT2D eigenvalue weighted by Gasteiger charge is -2.13. The molecular weight excluding hydrogens is 279 g/mol. The van der Waals surface area contributed by atoms with Gasteiger partial charge in [-0.25, -0.2) is 4.39 Å². The maximum Gasteiger partial charge on any atom is 0.238 e. The van der Waals surface area contributed by atoms with E-state index in [1.165, 1.54) is 11.6 Å². The van der Waals surface area contributed by atoms with Crippen molar-refractivity contribution in [2.24, 2.45) is 0 Å². The zero-order valence-corrected chi connectivity index (χ0v) is 13.2. The Kier molecular flexibility index (Phi) is 5.28. The van der Waals surface area contributed by atoms with Crippen LogP contribution < -0.4 is 10.6 Å². The fourth-order valence-electron chi connectivity index (χ4n) is 2.51. The smallest absolute Gasteiger partial charge is 0.238 e. The van der Waals surface area contributed by atoms with Crippen LogP contribution in [0.3, 0.4) is 0 Å². The lowest BCUT2D eigenvalue weighted by Crippen LogP contribution is -2.28. The summed E-state index contributed by atoms with van der Waals surface area (Å²) < 4.78 is 13.5. The minimum absolute atomic E-state index is 0.133. The molecule has 2 N–H and O–H groups in total. The minimum Gasteiger partial charge on any atom is -0.324 e. The maximum absolute atomic E-state index is 13.5. The number of benzene rings is 2. The molecule has 2 aromatic carbocycles. The number of nitrogens with one attached hydrogen (secondary N) is 2. The molecular formula is C18H21FN2O. The third-order valence-electron chi connectivity index (χ3n) is 3.50. The first-order valence-electron chi connectivity index (χ1n) is 7.29. The minimum atomic E-state index is -0.263. The van der Waals surface area contributed by atoms with Crippen LogP contribution in [-0.4, -0.2) is 12.5 Å². The molecule has 0 saturated carbocycles. The van der Waals surface area contributed by atoms with Crippen molar-refractivity contribution in [3.63, 3.8) is 0 Å². The molecule has 0 saturated heterocycles. The summed E-state index contributed by atoms with van der Waals surface area (Å²) in [7, 11) is 0. The van der Waals surface area contributed by atoms with Gasteiger partial charge in [-0.15, -0.1) is 0 Å². The third kappa shape index (κ3) is 4.15. The van der Waals surface area contributed by atoms with E-state index in [-0.39, 0.29) is 18.3 Å². The van der Waals surface area contributed by atoms with Gasteiger partial charge >= 0.3 is 0 Å². The first-order chi connectivity index (χ1) is 10.5. The van der Waals surface area contributed by atoms with Gasteiger partial charge < -0.3 is 10.6 Å². The Morgan fingerprint density at radius 1 is 1.09 bits per heavy atom. The summed E-state index contributed by atoms with van der Waals surface area (Å²) in [6.45, 7) is 6.44. The van der Waals surface area contributed by atoms with Crippen LogP contribution in [0.2, 0.25) is 0 Å². The van der Waals surface area contributed by atoms with E-state index in [2.05, 4.69) is 10.6 Å². The predicted molar refractivity (Wildman–Crippen MR) is 87.4 cm³/mol. The van der Waals surface area contributed by atoms with Crippen molar-refractivity contribution in [3.05, 3.63) is 64.5 Å². The Hall–Kier alpha value is -2.20. The Labute approximate surface area is 130 Å². The van der Waals surface area contributed by atoms with Gasteiger partial charge in [-0.2, -0.15) is 0 Å². The summed E-state index contributed by atoms with van der Waals surface area (Å²) >= 11 is 0. The van der Waals surface area contributed by atoms with Gasteiger partial charge in [-0.05, 0) is 38.0 Å². The number of halogens is 1. The lowest BCUT2D eigenvalue weighted by atomic mass is 10.1. The highest BCUT2D eigenvalue weighted by Gasteiger charge is 2.08. The number of amides is 1. The molecule has 4 heteroatoms. The van der Waals surface area contributed by atoms with Gasteiger partial charge in [0.1, 0.15) is 5.82 Å². The van der Waals surface area contributed by atoms with Crippen LogP contribution in [0.25, 0.3) is 0 Å². The summed E-state index contributed by atoms with van der Waals surface area (Å²) in [4.78, 5) is 12.0. The van der Waals surface area contributed by atoms with Crippen molar-refractivity contribution in [2.45, 2.75) is 27.3 Å². The molecule has 0 fully saturated rings. The Morgan fingerprint density at radius 2 is 1.73 bits per heavy atom. The molecule has 22 heavy (non-hydrogen) atoms. The molecule has 0 atom stereocenters. The number of hydrogen-bond donors (Lipinski definition) is 2. The highest BCUT2D eigenvalue weighted by molar-refractivity contribution is 5.93. The van der Waals surface area contributed by atoms with Crippen LogP contribution in [0.5, 0.6) is 0 Å². The summed E-state index contributed by atoms with van der Waals surface area (Å²) in [6.07, 6.45) is 0. The van der Waals surface area contributed by atoms with E-state index >= 15 is 0 Å². The second kappa shape index (κ2) is 7.18. The van der Waals surface area contributed by atoms with Gasteiger partial charge in [0.25, 0.3) is 0 Å². The fourth-order valence-corrected chi connectivity index (χ4v) is 2.51. The highest BCUT2D eigenvalue weighted by Crippen LogP contribution is 2.21. The molecule has 0 aliphatic carbocycles. The second-order valence-electron chi connectivity index (χ2n) is 5.52. The summed E-state index contributed by atoms with van der Waals surface area (Å²) in [5.41, 5.74) is 4.66. The maximum atomic E-state index is 13.5. The number of rotatable bonds is 5. The number of carbonyl (C=O) groups is 1. The van der Waals surface area contributed by atoms with Crippen molar-refractivity contribution in [3.8, 4) is 0 Å². The Balaban J connectivity index is 1.90. The monoisotopic (exact) mass is 300 g/mol. The van der Waals surface area contributed by atoms with Gasteiger partial charge in [0.05, 0.1) is 6.54 Å². The predicted octanol–water partition coefficient (Wildman–Crippen LogP) is 3.48. The van der Waals surface area contributed by atoms with E-state index in [1.54, 1.807) is 18.2 Å². The van der Waals surface area contributed by atoms with Gasteiger partial charge in [-0.3, -0.25) is 4.79 Å². The molecule has 0 heterocycles. The van der Waals surface area contributed by atoms with Crippen LogP contribution in [-0.2, 0) is 11.3 Å². The topological polar surface area (TPSA) is 41.1 Å². The molecule has 116 valence electrons. The van der Waals surface area contributed by atoms with Crippen LogP contribution in [0.1, 0.15) is 22.3 Å². The summed E-state index contributed by atoms with van der Waals surface area (Å²) in [5, 5.41) is 5.87.